The predicted molar refractivity (Wildman–Crippen MR) is 208 cm³/mol. The summed E-state index contributed by atoms with van der Waals surface area (Å²) in [5, 5.41) is 6.62. The fraction of sp³-hybridized carbons (Fsp3) is 0. The van der Waals surface area contributed by atoms with E-state index in [1.165, 1.54) is 0 Å². The number of benzene rings is 8. The maximum absolute atomic E-state index is 6.49. The van der Waals surface area contributed by atoms with Crippen LogP contribution in [0.15, 0.2) is 191 Å². The highest BCUT2D eigenvalue weighted by Gasteiger charge is 2.20. The molecule has 2 heterocycles. The van der Waals surface area contributed by atoms with Crippen molar-refractivity contribution in [2.75, 3.05) is 9.80 Å². The summed E-state index contributed by atoms with van der Waals surface area (Å²) in [6.45, 7) is 0. The molecule has 0 aliphatic heterocycles. The zero-order valence-corrected chi connectivity index (χ0v) is 27.0. The summed E-state index contributed by atoms with van der Waals surface area (Å²) in [7, 11) is 0. The van der Waals surface area contributed by atoms with E-state index in [1.807, 2.05) is 0 Å². The van der Waals surface area contributed by atoms with Gasteiger partial charge in [-0.25, -0.2) is 0 Å². The van der Waals surface area contributed by atoms with Gasteiger partial charge < -0.3 is 18.6 Å². The number of hydrogen-bond donors (Lipinski definition) is 0. The van der Waals surface area contributed by atoms with Gasteiger partial charge in [-0.3, -0.25) is 0 Å². The molecule has 4 heteroatoms. The number of para-hydroxylation sites is 4. The van der Waals surface area contributed by atoms with Crippen LogP contribution in [0.1, 0.15) is 0 Å². The van der Waals surface area contributed by atoms with E-state index < -0.39 is 0 Å². The average Bonchev–Trinajstić information content (AvgIpc) is 3.75. The summed E-state index contributed by atoms with van der Waals surface area (Å²) in [5.41, 5.74) is 9.96. The molecular weight excluding hydrogens is 613 g/mol. The van der Waals surface area contributed by atoms with Crippen LogP contribution in [0.2, 0.25) is 0 Å². The predicted octanol–water partition coefficient (Wildman–Crippen LogP) is 13.6. The highest BCUT2D eigenvalue weighted by atomic mass is 16.3. The van der Waals surface area contributed by atoms with Gasteiger partial charge in [-0.15, -0.1) is 0 Å². The van der Waals surface area contributed by atoms with Crippen LogP contribution in [0.25, 0.3) is 54.6 Å². The first-order chi connectivity index (χ1) is 24.8. The van der Waals surface area contributed by atoms with Crippen molar-refractivity contribution in [3.05, 3.63) is 182 Å². The Kier molecular flexibility index (Phi) is 6.46. The molecule has 0 spiro atoms. The highest BCUT2D eigenvalue weighted by Crippen LogP contribution is 2.44. The number of nitrogens with zero attached hydrogens (tertiary/aromatic N) is 2. The number of rotatable bonds is 6. The van der Waals surface area contributed by atoms with E-state index >= 15 is 0 Å². The van der Waals surface area contributed by atoms with Crippen LogP contribution in [-0.4, -0.2) is 0 Å². The first-order valence-electron chi connectivity index (χ1n) is 16.8. The lowest BCUT2D eigenvalue weighted by Gasteiger charge is -2.25. The molecule has 0 aliphatic rings. The van der Waals surface area contributed by atoms with Crippen molar-refractivity contribution in [2.45, 2.75) is 0 Å². The molecule has 10 aromatic rings. The van der Waals surface area contributed by atoms with Gasteiger partial charge in [0.05, 0.1) is 0 Å². The third kappa shape index (κ3) is 4.54. The minimum absolute atomic E-state index is 0.859. The molecule has 0 N–H and O–H groups in total. The van der Waals surface area contributed by atoms with Crippen LogP contribution in [0.5, 0.6) is 0 Å². The fourth-order valence-electron chi connectivity index (χ4n) is 7.41. The van der Waals surface area contributed by atoms with Gasteiger partial charge in [0, 0.05) is 55.7 Å². The number of anilines is 6. The smallest absolute Gasteiger partial charge is 0.136 e. The third-order valence-corrected chi connectivity index (χ3v) is 9.60. The lowest BCUT2D eigenvalue weighted by Crippen LogP contribution is -2.09. The van der Waals surface area contributed by atoms with Gasteiger partial charge in [-0.1, -0.05) is 72.8 Å². The van der Waals surface area contributed by atoms with E-state index in [0.717, 1.165) is 88.8 Å². The van der Waals surface area contributed by atoms with Gasteiger partial charge in [0.1, 0.15) is 22.3 Å². The molecule has 0 saturated heterocycles. The zero-order valence-electron chi connectivity index (χ0n) is 27.0. The summed E-state index contributed by atoms with van der Waals surface area (Å²) < 4.78 is 13.0. The van der Waals surface area contributed by atoms with Crippen molar-refractivity contribution < 1.29 is 8.83 Å². The van der Waals surface area contributed by atoms with Gasteiger partial charge in [-0.05, 0) is 120 Å². The molecule has 50 heavy (non-hydrogen) atoms. The van der Waals surface area contributed by atoms with Gasteiger partial charge in [0.2, 0.25) is 0 Å². The Labute approximate surface area is 288 Å². The molecule has 236 valence electrons. The summed E-state index contributed by atoms with van der Waals surface area (Å²) >= 11 is 0. The Hall–Kier alpha value is -6.78. The van der Waals surface area contributed by atoms with E-state index in [-0.39, 0.29) is 0 Å². The summed E-state index contributed by atoms with van der Waals surface area (Å²) in [5.74, 6) is 0. The molecule has 0 saturated carbocycles. The van der Waals surface area contributed by atoms with Crippen LogP contribution in [0, 0.1) is 0 Å². The molecule has 0 fully saturated rings. The Morgan fingerprint density at radius 1 is 0.260 bits per heavy atom. The Balaban J connectivity index is 1.19. The molecule has 0 unspecified atom stereocenters. The van der Waals surface area contributed by atoms with E-state index in [1.54, 1.807) is 0 Å². The first kappa shape index (κ1) is 28.3. The van der Waals surface area contributed by atoms with Crippen molar-refractivity contribution in [3.8, 4) is 0 Å². The monoisotopic (exact) mass is 642 g/mol. The van der Waals surface area contributed by atoms with Crippen LogP contribution >= 0.6 is 0 Å². The maximum atomic E-state index is 6.49. The molecule has 2 aromatic heterocycles. The van der Waals surface area contributed by atoms with Crippen molar-refractivity contribution in [3.63, 3.8) is 0 Å². The first-order valence-corrected chi connectivity index (χ1v) is 16.8. The normalized spacial score (nSPS) is 11.6. The second-order valence-corrected chi connectivity index (χ2v) is 12.6. The molecular formula is C46H30N2O2. The van der Waals surface area contributed by atoms with E-state index in [0.29, 0.717) is 0 Å². The molecule has 0 amide bonds. The van der Waals surface area contributed by atoms with E-state index in [4.69, 9.17) is 8.83 Å². The molecule has 4 nitrogen and oxygen atoms in total. The van der Waals surface area contributed by atoms with Crippen molar-refractivity contribution in [2.24, 2.45) is 0 Å². The van der Waals surface area contributed by atoms with Gasteiger partial charge in [0.15, 0.2) is 0 Å². The standard InChI is InChI=1S/C46H30N2O2/c1-5-13-31(14-6-1)47(32-15-7-2-8-16-32)35-21-25-41-39(29-35)45-37-23-28-44-46(38(37)24-27-43(45)49-41)40-30-36(22-26-42(40)50-44)48(33-17-9-3-10-18-33)34-19-11-4-12-20-34/h1-30H. The van der Waals surface area contributed by atoms with Crippen LogP contribution in [-0.2, 0) is 0 Å². The van der Waals surface area contributed by atoms with E-state index in [2.05, 4.69) is 192 Å². The molecule has 0 radical (unpaired) electrons. The van der Waals surface area contributed by atoms with Crippen molar-refractivity contribution >= 4 is 88.8 Å². The van der Waals surface area contributed by atoms with Crippen LogP contribution in [0.3, 0.4) is 0 Å². The molecule has 0 aliphatic carbocycles. The Bertz CT molecular complexity index is 2530. The Morgan fingerprint density at radius 2 is 0.580 bits per heavy atom. The van der Waals surface area contributed by atoms with Crippen LogP contribution < -0.4 is 9.80 Å². The molecule has 8 aromatic carbocycles. The lowest BCUT2D eigenvalue weighted by atomic mass is 9.99. The summed E-state index contributed by atoms with van der Waals surface area (Å²) in [6, 6.07) is 63.5. The number of hydrogen-bond acceptors (Lipinski definition) is 4. The fourth-order valence-corrected chi connectivity index (χ4v) is 7.41. The summed E-state index contributed by atoms with van der Waals surface area (Å²) in [4.78, 5) is 4.58. The molecule has 10 rings (SSSR count). The van der Waals surface area contributed by atoms with Gasteiger partial charge >= 0.3 is 0 Å². The minimum atomic E-state index is 0.859. The average molecular weight is 643 g/mol. The minimum Gasteiger partial charge on any atom is -0.456 e. The zero-order chi connectivity index (χ0) is 33.0. The second-order valence-electron chi connectivity index (χ2n) is 12.6. The SMILES string of the molecule is c1ccc(N(c2ccccc2)c2ccc3oc4ccc5c(ccc6oc7ccc(N(c8ccccc8)c8ccccc8)cc7c65)c4c3c2)cc1. The molecule has 0 bridgehead atoms. The third-order valence-electron chi connectivity index (χ3n) is 9.60. The lowest BCUT2D eigenvalue weighted by molar-refractivity contribution is 0.668. The number of fused-ring (bicyclic) bond motifs is 9. The Morgan fingerprint density at radius 3 is 0.920 bits per heavy atom. The van der Waals surface area contributed by atoms with Crippen molar-refractivity contribution in [1.29, 1.82) is 0 Å². The highest BCUT2D eigenvalue weighted by molar-refractivity contribution is 6.27. The topological polar surface area (TPSA) is 32.8 Å². The summed E-state index contributed by atoms with van der Waals surface area (Å²) in [6.07, 6.45) is 0. The quantitative estimate of drug-likeness (QED) is 0.181. The van der Waals surface area contributed by atoms with Crippen LogP contribution in [0.4, 0.5) is 34.1 Å². The van der Waals surface area contributed by atoms with E-state index in [9.17, 15) is 0 Å². The maximum Gasteiger partial charge on any atom is 0.136 e. The number of furan rings is 2. The van der Waals surface area contributed by atoms with Crippen molar-refractivity contribution in [1.82, 2.24) is 0 Å². The van der Waals surface area contributed by atoms with Gasteiger partial charge in [0.25, 0.3) is 0 Å². The van der Waals surface area contributed by atoms with Gasteiger partial charge in [-0.2, -0.15) is 0 Å². The largest absolute Gasteiger partial charge is 0.456 e. The molecule has 0 atom stereocenters. The second kappa shape index (κ2) is 11.4.